The molecule has 10 heteroatoms. The third-order valence-electron chi connectivity index (χ3n) is 5.88. The Balaban J connectivity index is 0.00000722. The predicted molar refractivity (Wildman–Crippen MR) is 140 cm³/mol. The van der Waals surface area contributed by atoms with E-state index in [0.29, 0.717) is 13.1 Å². The number of benzene rings is 1. The van der Waals surface area contributed by atoms with Crippen LogP contribution in [0.5, 0.6) is 0 Å². The Hall–Kier alpha value is -3.81. The molecule has 1 aromatic heterocycles. The number of nitrogens with one attached hydrogen (secondary N) is 1. The smallest absolute Gasteiger partial charge is 0.253 e. The van der Waals surface area contributed by atoms with E-state index in [-0.39, 0.29) is 43.3 Å². The molecular weight excluding hydrogens is 474 g/mol. The first-order valence-electron chi connectivity index (χ1n) is 12.4. The molecule has 0 fully saturated rings. The number of pyridine rings is 1. The van der Waals surface area contributed by atoms with Crippen LogP contribution in [-0.2, 0) is 6.42 Å². The van der Waals surface area contributed by atoms with Gasteiger partial charge >= 0.3 is 0 Å². The third-order valence-corrected chi connectivity index (χ3v) is 5.88. The van der Waals surface area contributed by atoms with E-state index in [0.717, 1.165) is 18.4 Å². The summed E-state index contributed by atoms with van der Waals surface area (Å²) in [6.45, 7) is 4.95. The number of carbonyl (C=O) groups excluding carboxylic acids is 3. The van der Waals surface area contributed by atoms with E-state index in [1.165, 1.54) is 18.2 Å². The molecule has 1 heterocycles. The topological polar surface area (TPSA) is 170 Å². The monoisotopic (exact) mass is 511 g/mol. The van der Waals surface area contributed by atoms with E-state index in [1.54, 1.807) is 29.4 Å². The summed E-state index contributed by atoms with van der Waals surface area (Å²) in [6.07, 6.45) is 2.23. The fourth-order valence-corrected chi connectivity index (χ4v) is 3.99. The quantitative estimate of drug-likeness (QED) is 0.301. The van der Waals surface area contributed by atoms with Crippen molar-refractivity contribution >= 4 is 17.7 Å². The van der Waals surface area contributed by atoms with E-state index in [1.807, 2.05) is 19.9 Å². The number of aromatic nitrogens is 1. The number of hydrogen-bond acceptors (Lipinski definition) is 7. The number of aliphatic hydroxyl groups excluding tert-OH is 2. The summed E-state index contributed by atoms with van der Waals surface area (Å²) in [5.41, 5.74) is 6.41. The van der Waals surface area contributed by atoms with Crippen LogP contribution < -0.4 is 11.1 Å². The number of hydrogen-bond donors (Lipinski definition) is 4. The summed E-state index contributed by atoms with van der Waals surface area (Å²) < 4.78 is 0. The molecule has 3 atom stereocenters. The van der Waals surface area contributed by atoms with Gasteiger partial charge in [-0.2, -0.15) is 5.26 Å². The second-order valence-corrected chi connectivity index (χ2v) is 8.85. The molecule has 0 saturated heterocycles. The van der Waals surface area contributed by atoms with E-state index in [4.69, 9.17) is 11.0 Å². The number of amides is 3. The average molecular weight is 512 g/mol. The van der Waals surface area contributed by atoms with Crippen LogP contribution in [0.15, 0.2) is 42.7 Å². The number of primary amides is 1. The van der Waals surface area contributed by atoms with Crippen LogP contribution in [0, 0.1) is 11.3 Å². The molecule has 0 aliphatic rings. The van der Waals surface area contributed by atoms with Crippen molar-refractivity contribution in [1.82, 2.24) is 15.2 Å². The minimum atomic E-state index is -1.38. The van der Waals surface area contributed by atoms with Crippen molar-refractivity contribution in [3.63, 3.8) is 0 Å². The summed E-state index contributed by atoms with van der Waals surface area (Å²) in [6, 6.07) is 8.48. The zero-order valence-corrected chi connectivity index (χ0v) is 21.3. The highest BCUT2D eigenvalue weighted by atomic mass is 16.3. The number of nitrogens with zero attached hydrogens (tertiary/aromatic N) is 3. The second kappa shape index (κ2) is 14.7. The Morgan fingerprint density at radius 1 is 1.08 bits per heavy atom. The van der Waals surface area contributed by atoms with Gasteiger partial charge in [0.2, 0.25) is 5.91 Å². The van der Waals surface area contributed by atoms with Crippen LogP contribution in [-0.4, -0.2) is 69.2 Å². The van der Waals surface area contributed by atoms with Crippen molar-refractivity contribution in [2.45, 2.75) is 64.2 Å². The van der Waals surface area contributed by atoms with Crippen LogP contribution in [0.4, 0.5) is 0 Å². The summed E-state index contributed by atoms with van der Waals surface area (Å²) in [5, 5.41) is 32.8. The zero-order chi connectivity index (χ0) is 27.4. The van der Waals surface area contributed by atoms with Gasteiger partial charge in [-0.1, -0.05) is 13.8 Å². The lowest BCUT2D eigenvalue weighted by Gasteiger charge is -2.28. The van der Waals surface area contributed by atoms with Gasteiger partial charge in [-0.15, -0.1) is 0 Å². The van der Waals surface area contributed by atoms with Crippen LogP contribution in [0.3, 0.4) is 0 Å². The molecule has 0 aliphatic carbocycles. The maximum absolute atomic E-state index is 13.3. The minimum Gasteiger partial charge on any atom is -0.390 e. The summed E-state index contributed by atoms with van der Waals surface area (Å²) in [4.78, 5) is 44.1. The van der Waals surface area contributed by atoms with Crippen LogP contribution in [0.2, 0.25) is 0 Å². The maximum Gasteiger partial charge on any atom is 0.253 e. The predicted octanol–water partition coefficient (Wildman–Crippen LogP) is 2.06. The number of nitriles is 1. The van der Waals surface area contributed by atoms with E-state index < -0.39 is 30.1 Å². The molecule has 37 heavy (non-hydrogen) atoms. The molecule has 0 radical (unpaired) electrons. The Morgan fingerprint density at radius 3 is 2.24 bits per heavy atom. The molecule has 0 saturated carbocycles. The van der Waals surface area contributed by atoms with Crippen molar-refractivity contribution in [2.24, 2.45) is 5.73 Å². The van der Waals surface area contributed by atoms with Gasteiger partial charge in [0.1, 0.15) is 6.10 Å². The van der Waals surface area contributed by atoms with E-state index in [2.05, 4.69) is 10.3 Å². The molecule has 10 nitrogen and oxygen atoms in total. The maximum atomic E-state index is 13.3. The molecule has 3 amide bonds. The number of nitrogens with two attached hydrogens (primary N) is 1. The van der Waals surface area contributed by atoms with Crippen molar-refractivity contribution in [1.29, 1.82) is 5.26 Å². The standard InChI is InChI=1S/C27H35N5O5.H2/c1-3-12-32(13-4-2)27(37)21-16-19(25(29)35)15-20(17-21)26(36)31-22(14-18-7-10-30-11-8-18)24(34)23(33)6-5-9-28;/h7-8,10-11,15-17,22-24,33-34H,3-6,12-14H2,1-2H3,(H2,29,35)(H,31,36);1H. The average Bonchev–Trinajstić information content (AvgIpc) is 2.90. The van der Waals surface area contributed by atoms with Gasteiger partial charge < -0.3 is 26.2 Å². The lowest BCUT2D eigenvalue weighted by molar-refractivity contribution is -0.00643. The van der Waals surface area contributed by atoms with Gasteiger partial charge in [0, 0.05) is 50.0 Å². The molecule has 2 aromatic rings. The zero-order valence-electron chi connectivity index (χ0n) is 21.3. The highest BCUT2D eigenvalue weighted by molar-refractivity contribution is 6.04. The highest BCUT2D eigenvalue weighted by Gasteiger charge is 2.29. The van der Waals surface area contributed by atoms with Crippen molar-refractivity contribution in [2.75, 3.05) is 13.1 Å². The first kappa shape index (κ1) is 29.4. The molecule has 0 bridgehead atoms. The van der Waals surface area contributed by atoms with E-state index in [9.17, 15) is 24.6 Å². The first-order chi connectivity index (χ1) is 17.7. The van der Waals surface area contributed by atoms with Crippen molar-refractivity contribution in [3.05, 3.63) is 65.0 Å². The molecule has 0 spiro atoms. The van der Waals surface area contributed by atoms with Gasteiger partial charge in [0.15, 0.2) is 0 Å². The Bertz CT molecular complexity index is 1100. The molecule has 3 unspecified atom stereocenters. The fraction of sp³-hybridized carbons (Fsp3) is 0.444. The fourth-order valence-electron chi connectivity index (χ4n) is 3.99. The van der Waals surface area contributed by atoms with Gasteiger partial charge in [-0.05, 0) is 61.6 Å². The van der Waals surface area contributed by atoms with Crippen LogP contribution >= 0.6 is 0 Å². The number of aliphatic hydroxyl groups is 2. The molecule has 2 rings (SSSR count). The van der Waals surface area contributed by atoms with Gasteiger partial charge in [-0.25, -0.2) is 0 Å². The normalized spacial score (nSPS) is 13.2. The highest BCUT2D eigenvalue weighted by Crippen LogP contribution is 2.16. The summed E-state index contributed by atoms with van der Waals surface area (Å²) in [5.74, 6) is -1.76. The summed E-state index contributed by atoms with van der Waals surface area (Å²) in [7, 11) is 0. The van der Waals surface area contributed by atoms with Gasteiger partial charge in [0.25, 0.3) is 11.8 Å². The molecular formula is C27H37N5O5. The van der Waals surface area contributed by atoms with Gasteiger partial charge in [-0.3, -0.25) is 19.4 Å². The molecule has 1 aromatic carbocycles. The lowest BCUT2D eigenvalue weighted by Crippen LogP contribution is -2.49. The number of rotatable bonds is 14. The third kappa shape index (κ3) is 8.66. The van der Waals surface area contributed by atoms with Crippen LogP contribution in [0.1, 0.15) is 77.6 Å². The Kier molecular flexibility index (Phi) is 11.7. The first-order valence-corrected chi connectivity index (χ1v) is 12.4. The van der Waals surface area contributed by atoms with Crippen LogP contribution in [0.25, 0.3) is 0 Å². The van der Waals surface area contributed by atoms with E-state index >= 15 is 0 Å². The Morgan fingerprint density at radius 2 is 1.68 bits per heavy atom. The molecule has 5 N–H and O–H groups in total. The largest absolute Gasteiger partial charge is 0.390 e. The Labute approximate surface area is 218 Å². The van der Waals surface area contributed by atoms with Crippen molar-refractivity contribution < 1.29 is 26.0 Å². The second-order valence-electron chi connectivity index (χ2n) is 8.85. The lowest BCUT2D eigenvalue weighted by atomic mass is 9.95. The van der Waals surface area contributed by atoms with Gasteiger partial charge in [0.05, 0.1) is 18.2 Å². The molecule has 0 aliphatic heterocycles. The molecule has 200 valence electrons. The summed E-state index contributed by atoms with van der Waals surface area (Å²) >= 11 is 0. The SMILES string of the molecule is CCCN(CCC)C(=O)c1cc(C(N)=O)cc(C(=O)NC(Cc2ccncc2)C(O)C(O)CCC#N)c1.[HH]. The minimum absolute atomic E-state index is 0. The number of carbonyl (C=O) groups is 3. The van der Waals surface area contributed by atoms with Crippen molar-refractivity contribution in [3.8, 4) is 6.07 Å².